The molecule has 0 bridgehead atoms. The predicted molar refractivity (Wildman–Crippen MR) is 313 cm³/mol. The van der Waals surface area contributed by atoms with Gasteiger partial charge in [-0.1, -0.05) is 310 Å². The van der Waals surface area contributed by atoms with Crippen molar-refractivity contribution in [2.45, 2.75) is 309 Å². The quantitative estimate of drug-likeness (QED) is 0.0420. The number of carbonyl (C=O) groups is 1. The van der Waals surface area contributed by atoms with Gasteiger partial charge in [-0.2, -0.15) is 0 Å². The average Bonchev–Trinajstić information content (AvgIpc) is 3.36. The molecule has 4 nitrogen and oxygen atoms in total. The summed E-state index contributed by atoms with van der Waals surface area (Å²) >= 11 is 0. The Morgan fingerprint density at radius 2 is 0.629 bits per heavy atom. The second kappa shape index (κ2) is 60.6. The molecular formula is C66H117NO3. The maximum Gasteiger partial charge on any atom is 0.220 e. The smallest absolute Gasteiger partial charge is 0.220 e. The van der Waals surface area contributed by atoms with E-state index in [4.69, 9.17) is 0 Å². The topological polar surface area (TPSA) is 69.6 Å². The zero-order valence-corrected chi connectivity index (χ0v) is 46.5. The Labute approximate surface area is 436 Å². The molecule has 4 heteroatoms. The molecule has 0 aliphatic rings. The number of nitrogens with one attached hydrogen (secondary N) is 1. The van der Waals surface area contributed by atoms with Gasteiger partial charge in [0.05, 0.1) is 18.8 Å². The van der Waals surface area contributed by atoms with Gasteiger partial charge in [-0.05, 0) is 77.0 Å². The number of amides is 1. The van der Waals surface area contributed by atoms with E-state index in [0.717, 1.165) is 77.0 Å². The van der Waals surface area contributed by atoms with E-state index < -0.39 is 12.1 Å². The van der Waals surface area contributed by atoms with Crippen molar-refractivity contribution in [3.8, 4) is 0 Å². The molecule has 0 heterocycles. The molecule has 1 amide bonds. The number of aliphatic hydroxyl groups is 2. The van der Waals surface area contributed by atoms with Crippen LogP contribution in [0.2, 0.25) is 0 Å². The van der Waals surface area contributed by atoms with Crippen LogP contribution in [-0.2, 0) is 4.79 Å². The first-order chi connectivity index (χ1) is 34.7. The molecule has 70 heavy (non-hydrogen) atoms. The van der Waals surface area contributed by atoms with Gasteiger partial charge < -0.3 is 15.5 Å². The zero-order valence-electron chi connectivity index (χ0n) is 46.5. The monoisotopic (exact) mass is 972 g/mol. The van der Waals surface area contributed by atoms with Gasteiger partial charge in [0.25, 0.3) is 0 Å². The molecule has 0 aliphatic heterocycles. The highest BCUT2D eigenvalue weighted by Crippen LogP contribution is 2.17. The summed E-state index contributed by atoms with van der Waals surface area (Å²) in [5.74, 6) is -0.0365. The first-order valence-corrected chi connectivity index (χ1v) is 30.4. The van der Waals surface area contributed by atoms with Crippen LogP contribution in [0.1, 0.15) is 296 Å². The van der Waals surface area contributed by atoms with Crippen LogP contribution in [0.15, 0.2) is 97.2 Å². The molecule has 0 aromatic heterocycles. The van der Waals surface area contributed by atoms with Gasteiger partial charge in [0.2, 0.25) is 5.91 Å². The maximum atomic E-state index is 12.5. The van der Waals surface area contributed by atoms with Crippen LogP contribution in [0.3, 0.4) is 0 Å². The van der Waals surface area contributed by atoms with Gasteiger partial charge in [-0.25, -0.2) is 0 Å². The molecule has 0 fully saturated rings. The van der Waals surface area contributed by atoms with Crippen molar-refractivity contribution in [3.63, 3.8) is 0 Å². The van der Waals surface area contributed by atoms with E-state index >= 15 is 0 Å². The summed E-state index contributed by atoms with van der Waals surface area (Å²) in [6, 6.07) is -0.546. The van der Waals surface area contributed by atoms with Crippen molar-refractivity contribution < 1.29 is 15.0 Å². The van der Waals surface area contributed by atoms with E-state index in [9.17, 15) is 15.0 Å². The fourth-order valence-electron chi connectivity index (χ4n) is 9.03. The second-order valence-corrected chi connectivity index (χ2v) is 20.4. The second-order valence-electron chi connectivity index (χ2n) is 20.4. The SMILES string of the molecule is CC/C=C\C/C=C\C/C=C\C/C=C\C/C=C\C/C=C\C/C=C\C/C=C\CCCCCCCCCCCCC(=O)NC(CO)C(O)CCCCCCCCCCCCCCCCCCCCCCCCC. The highest BCUT2D eigenvalue weighted by Gasteiger charge is 2.20. The summed E-state index contributed by atoms with van der Waals surface area (Å²) in [6.07, 6.45) is 89.7. The predicted octanol–water partition coefficient (Wildman–Crippen LogP) is 20.5. The molecule has 0 radical (unpaired) electrons. The van der Waals surface area contributed by atoms with Crippen LogP contribution >= 0.6 is 0 Å². The third-order valence-electron chi connectivity index (χ3n) is 13.6. The summed E-state index contributed by atoms with van der Waals surface area (Å²) in [5, 5.41) is 23.4. The van der Waals surface area contributed by atoms with Gasteiger partial charge in [-0.15, -0.1) is 0 Å². The number of allylic oxidation sites excluding steroid dienone is 16. The molecule has 3 N–H and O–H groups in total. The molecular weight excluding hydrogens is 855 g/mol. The highest BCUT2D eigenvalue weighted by molar-refractivity contribution is 5.76. The minimum atomic E-state index is -0.668. The molecule has 0 aromatic rings. The van der Waals surface area contributed by atoms with Crippen molar-refractivity contribution in [2.24, 2.45) is 0 Å². The molecule has 0 aromatic carbocycles. The van der Waals surface area contributed by atoms with Gasteiger partial charge in [-0.3, -0.25) is 4.79 Å². The van der Waals surface area contributed by atoms with Gasteiger partial charge >= 0.3 is 0 Å². The van der Waals surface area contributed by atoms with Crippen LogP contribution in [0.4, 0.5) is 0 Å². The number of aliphatic hydroxyl groups excluding tert-OH is 2. The molecule has 0 spiro atoms. The number of unbranched alkanes of at least 4 members (excludes halogenated alkanes) is 32. The Kier molecular flexibility index (Phi) is 58.3. The number of carbonyl (C=O) groups excluding carboxylic acids is 1. The van der Waals surface area contributed by atoms with E-state index in [1.165, 1.54) is 193 Å². The Hall–Kier alpha value is -2.69. The minimum Gasteiger partial charge on any atom is -0.394 e. The van der Waals surface area contributed by atoms with Crippen LogP contribution in [0.5, 0.6) is 0 Å². The van der Waals surface area contributed by atoms with Gasteiger partial charge in [0.1, 0.15) is 0 Å². The lowest BCUT2D eigenvalue weighted by molar-refractivity contribution is -0.123. The van der Waals surface area contributed by atoms with E-state index in [0.29, 0.717) is 12.8 Å². The highest BCUT2D eigenvalue weighted by atomic mass is 16.3. The summed E-state index contributed by atoms with van der Waals surface area (Å²) in [5.41, 5.74) is 0. The standard InChI is InChI=1S/C66H117NO3/c1-3-5-7-9-11-13-15-17-19-21-23-25-27-28-29-30-31-32-33-34-35-36-37-38-40-42-44-46-48-50-52-54-56-58-60-62-66(70)67-64(63-68)65(69)61-59-57-55-53-51-49-47-45-43-41-39-26-24-22-20-18-16-14-12-10-8-6-4-2/h5,7,11,13,17,19,23,25,28-29,31-32,34-35,37-38,64-65,68-69H,3-4,6,8-10,12,14-16,18,20-22,24,26-27,30,33,36,39-63H2,1-2H3,(H,67,70)/b7-5-,13-11-,19-17-,25-23-,29-28-,32-31-,35-34-,38-37-. The number of hydrogen-bond donors (Lipinski definition) is 3. The van der Waals surface area contributed by atoms with Crippen molar-refractivity contribution in [3.05, 3.63) is 97.2 Å². The van der Waals surface area contributed by atoms with Gasteiger partial charge in [0, 0.05) is 6.42 Å². The lowest BCUT2D eigenvalue weighted by Crippen LogP contribution is -2.45. The van der Waals surface area contributed by atoms with E-state index in [-0.39, 0.29) is 12.5 Å². The summed E-state index contributed by atoms with van der Waals surface area (Å²) in [7, 11) is 0. The van der Waals surface area contributed by atoms with Crippen LogP contribution < -0.4 is 5.32 Å². The molecule has 0 aliphatic carbocycles. The van der Waals surface area contributed by atoms with Crippen molar-refractivity contribution in [1.82, 2.24) is 5.32 Å². The lowest BCUT2D eigenvalue weighted by atomic mass is 10.0. The van der Waals surface area contributed by atoms with Crippen LogP contribution in [0.25, 0.3) is 0 Å². The summed E-state index contributed by atoms with van der Waals surface area (Å²) in [4.78, 5) is 12.5. The fourth-order valence-corrected chi connectivity index (χ4v) is 9.03. The van der Waals surface area contributed by atoms with Crippen molar-refractivity contribution in [2.75, 3.05) is 6.61 Å². The average molecular weight is 973 g/mol. The maximum absolute atomic E-state index is 12.5. The first kappa shape index (κ1) is 67.3. The van der Waals surface area contributed by atoms with E-state index in [1.807, 2.05) is 0 Å². The first-order valence-electron chi connectivity index (χ1n) is 30.4. The molecule has 2 unspecified atom stereocenters. The minimum absolute atomic E-state index is 0.0365. The third kappa shape index (κ3) is 56.2. The molecule has 0 rings (SSSR count). The molecule has 2 atom stereocenters. The normalized spacial score (nSPS) is 13.5. The van der Waals surface area contributed by atoms with E-state index in [1.54, 1.807) is 0 Å². The molecule has 0 saturated heterocycles. The Morgan fingerprint density at radius 3 is 0.943 bits per heavy atom. The zero-order chi connectivity index (χ0) is 50.6. The number of hydrogen-bond acceptors (Lipinski definition) is 3. The van der Waals surface area contributed by atoms with Crippen LogP contribution in [0, 0.1) is 0 Å². The van der Waals surface area contributed by atoms with E-state index in [2.05, 4.69) is 116 Å². The van der Waals surface area contributed by atoms with Crippen molar-refractivity contribution >= 4 is 5.91 Å². The number of rotatable bonds is 55. The Bertz CT molecular complexity index is 1290. The summed E-state index contributed by atoms with van der Waals surface area (Å²) in [6.45, 7) is 4.26. The van der Waals surface area contributed by atoms with Crippen LogP contribution in [-0.4, -0.2) is 34.9 Å². The Morgan fingerprint density at radius 1 is 0.357 bits per heavy atom. The van der Waals surface area contributed by atoms with Crippen molar-refractivity contribution in [1.29, 1.82) is 0 Å². The van der Waals surface area contributed by atoms with Gasteiger partial charge in [0.15, 0.2) is 0 Å². The third-order valence-corrected chi connectivity index (χ3v) is 13.6. The molecule has 404 valence electrons. The largest absolute Gasteiger partial charge is 0.394 e. The molecule has 0 saturated carbocycles. The lowest BCUT2D eigenvalue weighted by Gasteiger charge is -2.22. The Balaban J connectivity index is 3.53. The summed E-state index contributed by atoms with van der Waals surface area (Å²) < 4.78 is 0. The fraction of sp³-hybridized carbons (Fsp3) is 0.742.